The third kappa shape index (κ3) is 3.67. The molecule has 17 heavy (non-hydrogen) atoms. The molecule has 1 nitrogen and oxygen atoms in total. The summed E-state index contributed by atoms with van der Waals surface area (Å²) in [7, 11) is 0. The highest BCUT2D eigenvalue weighted by atomic mass is 32.2. The number of rotatable bonds is 3. The second-order valence-electron chi connectivity index (χ2n) is 3.65. The Labute approximate surface area is 103 Å². The summed E-state index contributed by atoms with van der Waals surface area (Å²) in [6, 6.07) is 5.41. The first kappa shape index (κ1) is 13.9. The van der Waals surface area contributed by atoms with Crippen LogP contribution in [-0.4, -0.2) is 5.25 Å². The van der Waals surface area contributed by atoms with Gasteiger partial charge in [0.05, 0.1) is 17.2 Å². The van der Waals surface area contributed by atoms with Crippen LogP contribution < -0.4 is 0 Å². The molecule has 1 unspecified atom stereocenters. The first-order valence-electron chi connectivity index (χ1n) is 5.16. The van der Waals surface area contributed by atoms with Gasteiger partial charge in [-0.05, 0) is 24.6 Å². The molecule has 5 heteroatoms. The summed E-state index contributed by atoms with van der Waals surface area (Å²) in [6.07, 6.45) is -3.59. The third-order valence-electron chi connectivity index (χ3n) is 2.33. The molecule has 0 N–H and O–H groups in total. The van der Waals surface area contributed by atoms with Gasteiger partial charge in [0.2, 0.25) is 0 Å². The molecule has 0 radical (unpaired) electrons. The van der Waals surface area contributed by atoms with Crippen molar-refractivity contribution in [1.29, 1.82) is 5.26 Å². The number of halogens is 3. The Bertz CT molecular complexity index is 434. The number of nitriles is 1. The average Bonchev–Trinajstić information content (AvgIpc) is 2.27. The van der Waals surface area contributed by atoms with E-state index in [1.54, 1.807) is 12.1 Å². The molecule has 92 valence electrons. The maximum atomic E-state index is 12.7. The second kappa shape index (κ2) is 5.46. The zero-order valence-corrected chi connectivity index (χ0v) is 10.3. The van der Waals surface area contributed by atoms with Gasteiger partial charge in [-0.25, -0.2) is 0 Å². The first-order chi connectivity index (χ1) is 7.88. The van der Waals surface area contributed by atoms with Crippen molar-refractivity contribution < 1.29 is 13.2 Å². The van der Waals surface area contributed by atoms with Crippen LogP contribution in [0.25, 0.3) is 0 Å². The standard InChI is InChI=1S/C12H12F3NS/c1-3-8(2)17-10-5-4-9(7-16)11(6-10)12(13,14)15/h4-6,8H,3H2,1-2H3. The van der Waals surface area contributed by atoms with Crippen LogP contribution in [0.5, 0.6) is 0 Å². The van der Waals surface area contributed by atoms with Gasteiger partial charge in [0.15, 0.2) is 0 Å². The minimum atomic E-state index is -4.48. The van der Waals surface area contributed by atoms with Gasteiger partial charge in [0.25, 0.3) is 0 Å². The lowest BCUT2D eigenvalue weighted by atomic mass is 10.1. The van der Waals surface area contributed by atoms with Crippen molar-refractivity contribution in [3.05, 3.63) is 29.3 Å². The molecule has 0 spiro atoms. The van der Waals surface area contributed by atoms with Crippen LogP contribution >= 0.6 is 11.8 Å². The predicted molar refractivity (Wildman–Crippen MR) is 61.8 cm³/mol. The highest BCUT2D eigenvalue weighted by Gasteiger charge is 2.33. The molecule has 1 aromatic carbocycles. The van der Waals surface area contributed by atoms with E-state index < -0.39 is 11.7 Å². The van der Waals surface area contributed by atoms with Gasteiger partial charge in [-0.1, -0.05) is 13.8 Å². The van der Waals surface area contributed by atoms with Crippen LogP contribution in [0.1, 0.15) is 31.4 Å². The Hall–Kier alpha value is -1.15. The van der Waals surface area contributed by atoms with Gasteiger partial charge in [-0.2, -0.15) is 18.4 Å². The maximum absolute atomic E-state index is 12.7. The van der Waals surface area contributed by atoms with Crippen LogP contribution in [0.2, 0.25) is 0 Å². The Balaban J connectivity index is 3.11. The fourth-order valence-electron chi connectivity index (χ4n) is 1.24. The minimum Gasteiger partial charge on any atom is -0.192 e. The Kier molecular flexibility index (Phi) is 4.47. The monoisotopic (exact) mass is 259 g/mol. The number of nitrogens with zero attached hydrogens (tertiary/aromatic N) is 1. The Morgan fingerprint density at radius 3 is 2.53 bits per heavy atom. The summed E-state index contributed by atoms with van der Waals surface area (Å²) in [5.74, 6) is 0. The number of hydrogen-bond donors (Lipinski definition) is 0. The lowest BCUT2D eigenvalue weighted by Crippen LogP contribution is -2.08. The Morgan fingerprint density at radius 1 is 1.41 bits per heavy atom. The van der Waals surface area contributed by atoms with Gasteiger partial charge < -0.3 is 0 Å². The first-order valence-corrected chi connectivity index (χ1v) is 6.04. The molecule has 0 aliphatic carbocycles. The van der Waals surface area contributed by atoms with Crippen molar-refractivity contribution in [2.24, 2.45) is 0 Å². The summed E-state index contributed by atoms with van der Waals surface area (Å²) in [4.78, 5) is 0.547. The van der Waals surface area contributed by atoms with E-state index >= 15 is 0 Å². The molecule has 0 aromatic heterocycles. The minimum absolute atomic E-state index is 0.254. The zero-order chi connectivity index (χ0) is 13.1. The van der Waals surface area contributed by atoms with Crippen molar-refractivity contribution in [2.45, 2.75) is 36.6 Å². The second-order valence-corrected chi connectivity index (χ2v) is 5.17. The molecule has 0 fully saturated rings. The van der Waals surface area contributed by atoms with Crippen molar-refractivity contribution >= 4 is 11.8 Å². The van der Waals surface area contributed by atoms with Crippen molar-refractivity contribution in [3.8, 4) is 6.07 Å². The fourth-order valence-corrected chi connectivity index (χ4v) is 2.21. The summed E-state index contributed by atoms with van der Waals surface area (Å²) in [5, 5.41) is 8.90. The molecular formula is C12H12F3NS. The van der Waals surface area contributed by atoms with E-state index in [4.69, 9.17) is 5.26 Å². The number of hydrogen-bond acceptors (Lipinski definition) is 2. The van der Waals surface area contributed by atoms with Gasteiger partial charge in [0.1, 0.15) is 0 Å². The summed E-state index contributed by atoms with van der Waals surface area (Å²) >= 11 is 1.38. The molecule has 1 atom stereocenters. The highest BCUT2D eigenvalue weighted by molar-refractivity contribution is 7.99. The molecule has 1 rings (SSSR count). The quantitative estimate of drug-likeness (QED) is 0.748. The number of benzene rings is 1. The number of thioether (sulfide) groups is 1. The average molecular weight is 259 g/mol. The van der Waals surface area contributed by atoms with E-state index in [-0.39, 0.29) is 10.8 Å². The molecule has 1 aromatic rings. The molecule has 0 saturated carbocycles. The van der Waals surface area contributed by atoms with Crippen LogP contribution in [0.3, 0.4) is 0 Å². The molecule has 0 heterocycles. The van der Waals surface area contributed by atoms with Crippen molar-refractivity contribution in [2.75, 3.05) is 0 Å². The molecular weight excluding hydrogens is 247 g/mol. The van der Waals surface area contributed by atoms with Crippen LogP contribution in [0, 0.1) is 11.3 Å². The molecule has 0 aliphatic rings. The third-order valence-corrected chi connectivity index (χ3v) is 3.59. The van der Waals surface area contributed by atoms with Crippen LogP contribution in [0.15, 0.2) is 23.1 Å². The van der Waals surface area contributed by atoms with Gasteiger partial charge in [0, 0.05) is 10.1 Å². The Morgan fingerprint density at radius 2 is 2.06 bits per heavy atom. The SMILES string of the molecule is CCC(C)Sc1ccc(C#N)c(C(F)(F)F)c1. The lowest BCUT2D eigenvalue weighted by Gasteiger charge is -2.12. The van der Waals surface area contributed by atoms with Crippen LogP contribution in [0.4, 0.5) is 13.2 Å². The van der Waals surface area contributed by atoms with Crippen molar-refractivity contribution in [1.82, 2.24) is 0 Å². The molecule has 0 aliphatic heterocycles. The van der Waals surface area contributed by atoms with E-state index in [1.165, 1.54) is 17.8 Å². The summed E-state index contributed by atoms with van der Waals surface area (Å²) < 4.78 is 38.0. The zero-order valence-electron chi connectivity index (χ0n) is 9.51. The normalized spacial score (nSPS) is 13.2. The van der Waals surface area contributed by atoms with E-state index in [1.807, 2.05) is 13.8 Å². The largest absolute Gasteiger partial charge is 0.417 e. The molecule has 0 amide bonds. The topological polar surface area (TPSA) is 23.8 Å². The van der Waals surface area contributed by atoms with Gasteiger partial charge >= 0.3 is 6.18 Å². The fraction of sp³-hybridized carbons (Fsp3) is 0.417. The lowest BCUT2D eigenvalue weighted by molar-refractivity contribution is -0.137. The van der Waals surface area contributed by atoms with Crippen LogP contribution in [-0.2, 0) is 6.18 Å². The predicted octanol–water partition coefficient (Wildman–Crippen LogP) is 4.47. The molecule has 0 bridgehead atoms. The summed E-state index contributed by atoms with van der Waals surface area (Å²) in [5.41, 5.74) is -1.18. The number of alkyl halides is 3. The maximum Gasteiger partial charge on any atom is 0.417 e. The molecule has 0 saturated heterocycles. The van der Waals surface area contributed by atoms with Crippen molar-refractivity contribution in [3.63, 3.8) is 0 Å². The smallest absolute Gasteiger partial charge is 0.192 e. The van der Waals surface area contributed by atoms with E-state index in [0.717, 1.165) is 12.5 Å². The van der Waals surface area contributed by atoms with Gasteiger partial charge in [-0.15, -0.1) is 11.8 Å². The van der Waals surface area contributed by atoms with Gasteiger partial charge in [-0.3, -0.25) is 0 Å². The van der Waals surface area contributed by atoms with E-state index in [2.05, 4.69) is 0 Å². The van der Waals surface area contributed by atoms with E-state index in [9.17, 15) is 13.2 Å². The van der Waals surface area contributed by atoms with E-state index in [0.29, 0.717) is 4.90 Å². The summed E-state index contributed by atoms with van der Waals surface area (Å²) in [6.45, 7) is 3.93. The highest BCUT2D eigenvalue weighted by Crippen LogP contribution is 2.35.